The minimum absolute atomic E-state index is 0. The molecule has 6 aromatic carbocycles. The fourth-order valence-corrected chi connectivity index (χ4v) is 12.7. The molecule has 14 rings (SSSR count). The number of nitrogens with one attached hydrogen (secondary N) is 1. The molecule has 0 aliphatic carbocycles. The van der Waals surface area contributed by atoms with Gasteiger partial charge in [0.05, 0.1) is 136 Å². The van der Waals surface area contributed by atoms with Crippen molar-refractivity contribution in [1.29, 1.82) is 0 Å². The number of hydrogen-bond donors (Lipinski definition) is 1. The fraction of sp³-hybridized carbons (Fsp3) is 0.325. The van der Waals surface area contributed by atoms with Crippen LogP contribution >= 0.6 is 11.6 Å². The van der Waals surface area contributed by atoms with Crippen molar-refractivity contribution in [2.75, 3.05) is 96.8 Å². The van der Waals surface area contributed by atoms with E-state index in [1.807, 2.05) is 133 Å². The number of nitrogens with zero attached hydrogens (tertiary/aromatic N) is 17. The lowest BCUT2D eigenvalue weighted by Crippen LogP contribution is -2.32. The number of fused-ring (bicyclic) bond motifs is 3. The van der Waals surface area contributed by atoms with Crippen molar-refractivity contribution >= 4 is 78.8 Å². The summed E-state index contributed by atoms with van der Waals surface area (Å²) < 4.78 is 46.0. The quantitative estimate of drug-likeness (QED) is 0.0504. The molecule has 0 unspecified atom stereocenters. The van der Waals surface area contributed by atoms with Crippen LogP contribution in [0, 0.1) is 5.92 Å². The lowest BCUT2D eigenvalue weighted by atomic mass is 10.0. The van der Waals surface area contributed by atoms with E-state index < -0.39 is 0 Å². The number of halogens is 1. The molecule has 552 valence electrons. The Kier molecular flexibility index (Phi) is 25.6. The number of aryl methyl sites for hydroxylation is 3. The van der Waals surface area contributed by atoms with E-state index in [1.165, 1.54) is 0 Å². The molecule has 0 radical (unpaired) electrons. The van der Waals surface area contributed by atoms with E-state index in [1.54, 1.807) is 89.1 Å². The Balaban J connectivity index is 0.000000158. The third-order valence-electron chi connectivity index (χ3n) is 17.9. The molecule has 1 fully saturated rings. The van der Waals surface area contributed by atoms with Crippen LogP contribution < -0.4 is 48.4 Å². The highest BCUT2D eigenvalue weighted by atomic mass is 35.5. The second kappa shape index (κ2) is 35.9. The van der Waals surface area contributed by atoms with Crippen LogP contribution in [0.3, 0.4) is 0 Å². The van der Waals surface area contributed by atoms with E-state index in [4.69, 9.17) is 59.7 Å². The summed E-state index contributed by atoms with van der Waals surface area (Å²) in [5, 5.41) is 21.4. The molecular formula is C80H93ClN18O7. The molecule has 25 nitrogen and oxygen atoms in total. The highest BCUT2D eigenvalue weighted by Crippen LogP contribution is 2.43. The normalized spacial score (nSPS) is 12.1. The first kappa shape index (κ1) is 75.7. The zero-order valence-electron chi connectivity index (χ0n) is 61.2. The molecular weight excluding hydrogens is 1360 g/mol. The molecule has 1 saturated heterocycles. The summed E-state index contributed by atoms with van der Waals surface area (Å²) in [4.78, 5) is 35.2. The number of rotatable bonds is 27. The standard InChI is InChI=1S/C28H33N5O3.C26H27N7O2.C25H29ClN6O2.CH4/c1-4-9-33(23-12-24(34-2)15-25(13-23)35-3)22-5-6-26-27(14-22)31-28(17-29-26)21-16-30-32(19-21)18-20-7-10-36-11-8-20;1-31-18-19(16-29-31)26-17-27-24-7-6-20(14-25(24)30-26)33(11-5-10-32-9-4-8-28-32)21-12-22(34-2)15-23(13-21)35-3;1-16(2)27-8-9-32(23-11-19(33-4)12-24(34-5)25(23)26)18-6-7-20-21(10-18)30-22(14-28-20)17-13-29-31(3)15-17;/h5-6,12-17,19-20H,4,7-11,18H2,1-3H3;4,6-9,12-18H,5,10-11H2,1-3H3;6-7,10-16,27H,8-9H2,1-5H3;1H4. The zero-order valence-corrected chi connectivity index (χ0v) is 62.0. The monoisotopic (exact) mass is 1450 g/mol. The number of methoxy groups -OCH3 is 6. The maximum atomic E-state index is 6.77. The molecule has 26 heteroatoms. The first-order valence-electron chi connectivity index (χ1n) is 35.0. The van der Waals surface area contributed by atoms with E-state index in [-0.39, 0.29) is 7.43 Å². The molecule has 0 amide bonds. The third kappa shape index (κ3) is 18.7. The summed E-state index contributed by atoms with van der Waals surface area (Å²) in [6.45, 7) is 12.8. The summed E-state index contributed by atoms with van der Waals surface area (Å²) >= 11 is 6.77. The highest BCUT2D eigenvalue weighted by molar-refractivity contribution is 6.35. The molecule has 8 heterocycles. The number of hydrogen-bond acceptors (Lipinski definition) is 21. The molecule has 1 aliphatic heterocycles. The Morgan fingerprint density at radius 3 is 1.42 bits per heavy atom. The van der Waals surface area contributed by atoms with Crippen LogP contribution in [-0.4, -0.2) is 157 Å². The maximum Gasteiger partial charge on any atom is 0.143 e. The van der Waals surface area contributed by atoms with Gasteiger partial charge in [0.25, 0.3) is 0 Å². The lowest BCUT2D eigenvalue weighted by Gasteiger charge is -2.28. The van der Waals surface area contributed by atoms with Crippen LogP contribution in [0.4, 0.5) is 34.1 Å². The Morgan fingerprint density at radius 1 is 0.509 bits per heavy atom. The number of aromatic nitrogens is 14. The minimum atomic E-state index is 0. The van der Waals surface area contributed by atoms with Crippen LogP contribution in [0.25, 0.3) is 66.9 Å². The van der Waals surface area contributed by atoms with E-state index in [0.717, 1.165) is 196 Å². The second-order valence-corrected chi connectivity index (χ2v) is 26.0. The topological polar surface area (TPSA) is 235 Å². The van der Waals surface area contributed by atoms with E-state index in [2.05, 4.69) is 107 Å². The van der Waals surface area contributed by atoms with Gasteiger partial charge in [-0.2, -0.15) is 20.4 Å². The summed E-state index contributed by atoms with van der Waals surface area (Å²) in [7, 11) is 13.6. The van der Waals surface area contributed by atoms with Crippen molar-refractivity contribution in [3.63, 3.8) is 0 Å². The summed E-state index contributed by atoms with van der Waals surface area (Å²) in [6, 6.07) is 36.2. The summed E-state index contributed by atoms with van der Waals surface area (Å²) in [6.07, 6.45) is 24.6. The van der Waals surface area contributed by atoms with Crippen LogP contribution in [-0.2, 0) is 31.9 Å². The molecule has 0 saturated carbocycles. The third-order valence-corrected chi connectivity index (χ3v) is 18.3. The van der Waals surface area contributed by atoms with E-state index >= 15 is 0 Å². The van der Waals surface area contributed by atoms with Gasteiger partial charge in [-0.3, -0.25) is 33.7 Å². The number of ether oxygens (including phenoxy) is 7. The Hall–Kier alpha value is -11.4. The summed E-state index contributed by atoms with van der Waals surface area (Å²) in [5.74, 6) is 4.80. The molecule has 0 atom stereocenters. The number of benzene rings is 6. The van der Waals surface area contributed by atoms with Crippen LogP contribution in [0.15, 0.2) is 177 Å². The van der Waals surface area contributed by atoms with Crippen molar-refractivity contribution in [1.82, 2.24) is 74.3 Å². The molecule has 106 heavy (non-hydrogen) atoms. The molecule has 0 bridgehead atoms. The molecule has 7 aromatic heterocycles. The van der Waals surface area contributed by atoms with E-state index in [0.29, 0.717) is 35.0 Å². The predicted octanol–water partition coefficient (Wildman–Crippen LogP) is 15.4. The van der Waals surface area contributed by atoms with Gasteiger partial charge in [-0.25, -0.2) is 15.0 Å². The fourth-order valence-electron chi connectivity index (χ4n) is 12.4. The minimum Gasteiger partial charge on any atom is -0.497 e. The van der Waals surface area contributed by atoms with Crippen molar-refractivity contribution in [2.45, 2.75) is 73.0 Å². The van der Waals surface area contributed by atoms with Crippen molar-refractivity contribution in [3.8, 4) is 68.3 Å². The molecule has 1 N–H and O–H groups in total. The Bertz CT molecular complexity index is 4980. The van der Waals surface area contributed by atoms with Gasteiger partial charge >= 0.3 is 0 Å². The largest absolute Gasteiger partial charge is 0.497 e. The average molecular weight is 1450 g/mol. The van der Waals surface area contributed by atoms with Gasteiger partial charge in [-0.1, -0.05) is 39.8 Å². The molecule has 1 aliphatic rings. The van der Waals surface area contributed by atoms with Crippen molar-refractivity contribution in [2.24, 2.45) is 20.0 Å². The SMILES string of the molecule is C.CCCN(c1cc(OC)cc(OC)c1)c1ccc2ncc(-c3cnn(CC4CCOCC4)c3)nc2c1.COc1cc(OC)c(Cl)c(N(CCNC(C)C)c2ccc3ncc(-c4cnn(C)c4)nc3c2)c1.COc1cc(OC)cc(N(CCCn2cccn2)c2ccc3ncc(-c4cnn(C)c4)nc3c2)c1. The molecule has 13 aromatic rings. The van der Waals surface area contributed by atoms with Gasteiger partial charge in [0.15, 0.2) is 0 Å². The average Bonchev–Trinajstić information content (AvgIpc) is 1.20. The predicted molar refractivity (Wildman–Crippen MR) is 419 cm³/mol. The lowest BCUT2D eigenvalue weighted by molar-refractivity contribution is 0.0601. The van der Waals surface area contributed by atoms with Gasteiger partial charge < -0.3 is 53.2 Å². The van der Waals surface area contributed by atoms with E-state index in [9.17, 15) is 0 Å². The smallest absolute Gasteiger partial charge is 0.143 e. The number of anilines is 6. The van der Waals surface area contributed by atoms with Crippen molar-refractivity contribution < 1.29 is 33.2 Å². The highest BCUT2D eigenvalue weighted by Gasteiger charge is 2.22. The van der Waals surface area contributed by atoms with Crippen LogP contribution in [0.5, 0.6) is 34.5 Å². The van der Waals surface area contributed by atoms with Crippen LogP contribution in [0.1, 0.15) is 53.9 Å². The van der Waals surface area contributed by atoms with Gasteiger partial charge in [-0.05, 0) is 92.3 Å². The van der Waals surface area contributed by atoms with Crippen LogP contribution in [0.2, 0.25) is 5.02 Å². The van der Waals surface area contributed by atoms with Gasteiger partial charge in [0, 0.05) is 197 Å². The second-order valence-electron chi connectivity index (χ2n) is 25.6. The Morgan fingerprint density at radius 2 is 0.981 bits per heavy atom. The van der Waals surface area contributed by atoms with Gasteiger partial charge in [-0.15, -0.1) is 0 Å². The molecule has 0 spiro atoms. The first-order valence-corrected chi connectivity index (χ1v) is 35.4. The zero-order chi connectivity index (χ0) is 73.3. The first-order chi connectivity index (χ1) is 51.2. The maximum absolute atomic E-state index is 6.77. The van der Waals surface area contributed by atoms with Crippen molar-refractivity contribution in [3.05, 3.63) is 182 Å². The van der Waals surface area contributed by atoms with Gasteiger partial charge in [0.2, 0.25) is 0 Å². The Labute approximate surface area is 623 Å². The summed E-state index contributed by atoms with van der Waals surface area (Å²) in [5.41, 5.74) is 15.9. The van der Waals surface area contributed by atoms with Gasteiger partial charge in [0.1, 0.15) is 39.5 Å².